The van der Waals surface area contributed by atoms with Gasteiger partial charge in [0.1, 0.15) is 5.06 Å². The summed E-state index contributed by atoms with van der Waals surface area (Å²) in [7, 11) is 0. The van der Waals surface area contributed by atoms with Gasteiger partial charge in [0, 0.05) is 54.4 Å². The summed E-state index contributed by atoms with van der Waals surface area (Å²) in [6.45, 7) is 0. The van der Waals surface area contributed by atoms with Gasteiger partial charge in [-0.3, -0.25) is 19.9 Å². The number of rotatable bonds is 15. The van der Waals surface area contributed by atoms with E-state index in [0.29, 0.717) is 28.1 Å². The maximum absolute atomic E-state index is 6.41. The summed E-state index contributed by atoms with van der Waals surface area (Å²) in [4.78, 5) is 28.6. The maximum Gasteiger partial charge on any atom is 2.00 e. The number of nitrogens with zero attached hydrogens (tertiary/aromatic N) is 7. The third-order valence-corrected chi connectivity index (χ3v) is 24.3. The average Bonchev–Trinajstić information content (AvgIpc) is 1.55. The van der Waals surface area contributed by atoms with Crippen molar-refractivity contribution in [2.45, 2.75) is 16.2 Å². The number of hydrogen-bond donors (Lipinski definition) is 0. The quantitative estimate of drug-likeness (QED) is 0.0917. The molecule has 9 aromatic heterocycles. The van der Waals surface area contributed by atoms with Crippen LogP contribution in [0.5, 0.6) is 34.0 Å². The molecule has 0 amide bonds. The molecular formula is C111H67N7O4Pt3S. The van der Waals surface area contributed by atoms with Gasteiger partial charge in [0.25, 0.3) is 0 Å². The van der Waals surface area contributed by atoms with E-state index in [0.717, 1.165) is 94.4 Å². The predicted octanol–water partition coefficient (Wildman–Crippen LogP) is 25.9. The summed E-state index contributed by atoms with van der Waals surface area (Å²) < 4.78 is 26.7. The largest absolute Gasteiger partial charge is 2.00 e. The van der Waals surface area contributed by atoms with Crippen LogP contribution in [0.4, 0.5) is 0 Å². The molecule has 0 radical (unpaired) electrons. The second-order valence-electron chi connectivity index (χ2n) is 30.2. The van der Waals surface area contributed by atoms with Crippen LogP contribution in [0.15, 0.2) is 411 Å². The normalized spacial score (nSPS) is 12.8. The number of thiophene rings is 1. The molecular weight excluding hydrogens is 2110 g/mol. The fraction of sp³-hybridized carbons (Fsp3) is 0.0270. The summed E-state index contributed by atoms with van der Waals surface area (Å²) >= 11 is 1.51. The number of furan rings is 1. The van der Waals surface area contributed by atoms with Gasteiger partial charge in [0.15, 0.2) is 0 Å². The third-order valence-electron chi connectivity index (χ3n) is 23.5. The van der Waals surface area contributed by atoms with Crippen molar-refractivity contribution in [3.05, 3.63) is 511 Å². The molecule has 3 aliphatic carbocycles. The fourth-order valence-electron chi connectivity index (χ4n) is 18.4. The fourth-order valence-corrected chi connectivity index (χ4v) is 19.1. The zero-order valence-corrected chi connectivity index (χ0v) is 74.4. The van der Waals surface area contributed by atoms with Crippen LogP contribution in [0.3, 0.4) is 0 Å². The van der Waals surface area contributed by atoms with Gasteiger partial charge in [-0.1, -0.05) is 243 Å². The van der Waals surface area contributed by atoms with E-state index >= 15 is 0 Å². The Kier molecular flexibility index (Phi) is 22.7. The molecule has 15 heteroatoms. The number of benzene rings is 12. The van der Waals surface area contributed by atoms with Crippen LogP contribution >= 0.6 is 11.3 Å². The first-order chi connectivity index (χ1) is 61.0. The summed E-state index contributed by atoms with van der Waals surface area (Å²) in [5.41, 5.74) is 21.5. The number of hydrogen-bond acceptors (Lipinski definition) is 11. The molecule has 0 unspecified atom stereocenters. The molecule has 0 aliphatic heterocycles. The van der Waals surface area contributed by atoms with Crippen molar-refractivity contribution in [3.63, 3.8) is 0 Å². The third kappa shape index (κ3) is 14.2. The molecule has 24 rings (SSSR count). The monoisotopic (exact) mass is 2180 g/mol. The topological polar surface area (TPSA) is 123 Å². The molecule has 0 atom stereocenters. The van der Waals surface area contributed by atoms with Crippen molar-refractivity contribution in [1.29, 1.82) is 0 Å². The molecule has 0 bridgehead atoms. The van der Waals surface area contributed by atoms with E-state index < -0.39 is 16.2 Å². The minimum atomic E-state index is -0.654. The summed E-state index contributed by atoms with van der Waals surface area (Å²) in [5, 5.41) is 9.28. The zero-order chi connectivity index (χ0) is 81.7. The van der Waals surface area contributed by atoms with Crippen molar-refractivity contribution in [1.82, 2.24) is 34.5 Å². The SMILES string of the molecule is [Pt+2].[Pt+2].[Pt+2].[c-]1c(Oc2[c-]c(-c3nccc4ccccc34)co2)cccc1C1(c2ccccn2)c2ccccc2-c2ccccc21.[c-]1c(Oc2[c-]c(-c3nccc4ccccc34)cs2)cccc1C1(c2ccccn2)c2ccccc2-c2ccccc21.[c-]1c(Oc2[c-]n(-c3nccc4ccccc34)cc2)cccc1C1(c2ccccn2)c2ccccc2-c2ccccc21. The van der Waals surface area contributed by atoms with Gasteiger partial charge in [-0.25, -0.2) is 0 Å². The van der Waals surface area contributed by atoms with Crippen LogP contribution in [0.1, 0.15) is 67.2 Å². The van der Waals surface area contributed by atoms with E-state index in [9.17, 15) is 0 Å². The summed E-state index contributed by atoms with van der Waals surface area (Å²) in [6.07, 6.45) is 17.9. The first-order valence-electron chi connectivity index (χ1n) is 40.6. The van der Waals surface area contributed by atoms with E-state index in [2.05, 4.69) is 270 Å². The number of ether oxygens (including phenoxy) is 3. The molecule has 9 heterocycles. The van der Waals surface area contributed by atoms with E-state index in [1.54, 1.807) is 12.5 Å². The Hall–Kier alpha value is -14.0. The van der Waals surface area contributed by atoms with Crippen LogP contribution in [0.25, 0.3) is 94.0 Å². The van der Waals surface area contributed by atoms with Crippen LogP contribution in [-0.4, -0.2) is 34.5 Å². The first kappa shape index (κ1) is 81.7. The zero-order valence-electron chi connectivity index (χ0n) is 66.8. The standard InChI is InChI=1S/C37H23N3O.C37H22N2O2.C37H22N2OS.3Pt/c1-2-13-30-26(10-1)19-22-39-36(30)40-23-20-29(25-40)41-28-12-9-11-27(24-28)37(35-18-7-8-21-38-35)33-16-5-3-14-31(33)32-15-4-6-17-34(32)37;1-2-13-29-25(10-1)19-21-39-36(29)26-22-35(40-24-26)41-28-12-9-11-27(23-28)37(34-18-7-8-20-38-34)32-16-5-3-14-30(32)31-15-4-6-17-33(31)37;1-2-13-29-25(10-1)19-21-39-36(29)26-22-35(41-24-26)40-28-12-9-11-27(23-28)37(34-18-7-8-20-38-34)32-16-5-3-14-30(32)31-15-4-6-17-33(31)37;;;/h1-23H;2*1-21,24H;;;/q3*-2;3*+2. The van der Waals surface area contributed by atoms with Crippen LogP contribution in [0, 0.1) is 36.5 Å². The van der Waals surface area contributed by atoms with Crippen molar-refractivity contribution in [2.24, 2.45) is 0 Å². The smallest absolute Gasteiger partial charge is 0.507 e. The Morgan fingerprint density at radius 1 is 0.286 bits per heavy atom. The minimum absolute atomic E-state index is 0. The van der Waals surface area contributed by atoms with Gasteiger partial charge >= 0.3 is 63.2 Å². The maximum atomic E-state index is 6.41. The van der Waals surface area contributed by atoms with E-state index in [1.807, 2.05) is 181 Å². The van der Waals surface area contributed by atoms with Crippen molar-refractivity contribution >= 4 is 43.7 Å². The Morgan fingerprint density at radius 2 is 0.651 bits per heavy atom. The minimum Gasteiger partial charge on any atom is -0.507 e. The van der Waals surface area contributed by atoms with Gasteiger partial charge in [0.2, 0.25) is 5.95 Å². The van der Waals surface area contributed by atoms with Crippen molar-refractivity contribution in [2.75, 3.05) is 0 Å². The van der Waals surface area contributed by atoms with E-state index in [4.69, 9.17) is 33.6 Å². The Bertz CT molecular complexity index is 6710. The number of pyridine rings is 6. The van der Waals surface area contributed by atoms with Gasteiger partial charge in [-0.05, 0) is 178 Å². The van der Waals surface area contributed by atoms with Gasteiger partial charge < -0.3 is 33.2 Å². The molecule has 11 nitrogen and oxygen atoms in total. The molecule has 0 spiro atoms. The summed E-state index contributed by atoms with van der Waals surface area (Å²) in [6, 6.07) is 138. The van der Waals surface area contributed by atoms with Crippen molar-refractivity contribution < 1.29 is 81.8 Å². The Labute approximate surface area is 775 Å². The average molecular weight is 2180 g/mol. The first-order valence-corrected chi connectivity index (χ1v) is 41.4. The molecule has 12 aromatic carbocycles. The number of fused-ring (bicyclic) bond motifs is 12. The number of aromatic nitrogens is 7. The van der Waals surface area contributed by atoms with Gasteiger partial charge in [-0.2, -0.15) is 53.3 Å². The molecule has 0 N–H and O–H groups in total. The van der Waals surface area contributed by atoms with Crippen LogP contribution in [0.2, 0.25) is 0 Å². The Balaban J connectivity index is 0.000000122. The molecule has 0 fully saturated rings. The second kappa shape index (κ2) is 35.0. The van der Waals surface area contributed by atoms with E-state index in [-0.39, 0.29) is 69.1 Å². The van der Waals surface area contributed by atoms with Gasteiger partial charge in [-0.15, -0.1) is 82.4 Å². The van der Waals surface area contributed by atoms with Crippen LogP contribution < -0.4 is 14.2 Å². The molecule has 606 valence electrons. The molecule has 0 saturated heterocycles. The van der Waals surface area contributed by atoms with E-state index in [1.165, 1.54) is 78.1 Å². The van der Waals surface area contributed by atoms with Crippen molar-refractivity contribution in [3.8, 4) is 95.7 Å². The molecule has 21 aromatic rings. The second-order valence-corrected chi connectivity index (χ2v) is 31.0. The molecule has 0 saturated carbocycles. The molecule has 3 aliphatic rings. The van der Waals surface area contributed by atoms with Gasteiger partial charge in [0.05, 0.1) is 44.9 Å². The predicted molar refractivity (Wildman–Crippen MR) is 483 cm³/mol. The van der Waals surface area contributed by atoms with Crippen LogP contribution in [-0.2, 0) is 79.4 Å². The molecule has 126 heavy (non-hydrogen) atoms. The Morgan fingerprint density at radius 3 is 1.08 bits per heavy atom. The summed E-state index contributed by atoms with van der Waals surface area (Å²) in [5.74, 6) is 3.43.